The molecule has 1 aliphatic carbocycles. The minimum atomic E-state index is -0.321. The number of H-pyrrole nitrogens is 1. The molecule has 2 aliphatic rings. The number of carbonyl (C=O) groups excluding carboxylic acids is 1. The highest BCUT2D eigenvalue weighted by Gasteiger charge is 2.38. The highest BCUT2D eigenvalue weighted by atomic mass is 19.1. The van der Waals surface area contributed by atoms with Crippen LogP contribution in [0.15, 0.2) is 42.6 Å². The fraction of sp³-hybridized carbons (Fsp3) is 0.292. The van der Waals surface area contributed by atoms with E-state index in [2.05, 4.69) is 22.1 Å². The lowest BCUT2D eigenvalue weighted by Gasteiger charge is -2.15. The third-order valence-electron chi connectivity index (χ3n) is 6.30. The maximum atomic E-state index is 14.0. The van der Waals surface area contributed by atoms with E-state index in [1.165, 1.54) is 17.7 Å². The van der Waals surface area contributed by atoms with Gasteiger partial charge < -0.3 is 14.6 Å². The number of hydrogen-bond donors (Lipinski definition) is 1. The van der Waals surface area contributed by atoms with Gasteiger partial charge in [0.2, 0.25) is 5.91 Å². The Morgan fingerprint density at radius 2 is 2.19 bits per heavy atom. The quantitative estimate of drug-likeness (QED) is 0.693. The zero-order valence-corrected chi connectivity index (χ0v) is 17.1. The van der Waals surface area contributed by atoms with Crippen LogP contribution < -0.4 is 4.74 Å². The second-order valence-corrected chi connectivity index (χ2v) is 8.10. The van der Waals surface area contributed by atoms with E-state index in [9.17, 15) is 9.18 Å². The molecule has 0 saturated carbocycles. The Hall–Kier alpha value is -3.66. The summed E-state index contributed by atoms with van der Waals surface area (Å²) in [7, 11) is 1.57. The number of fused-ring (bicyclic) bond motifs is 2. The molecule has 1 aliphatic heterocycles. The normalized spacial score (nSPS) is 19.9. The van der Waals surface area contributed by atoms with E-state index >= 15 is 0 Å². The number of nitrogens with one attached hydrogen (secondary N) is 1. The number of aromatic amines is 1. The molecule has 0 bridgehead atoms. The Kier molecular flexibility index (Phi) is 4.70. The Morgan fingerprint density at radius 3 is 2.97 bits per heavy atom. The number of allylic oxidation sites excluding steroid dienone is 1. The van der Waals surface area contributed by atoms with E-state index in [0.717, 1.165) is 28.7 Å². The molecule has 0 radical (unpaired) electrons. The van der Waals surface area contributed by atoms with Crippen molar-refractivity contribution in [2.24, 2.45) is 11.8 Å². The second kappa shape index (κ2) is 7.55. The van der Waals surface area contributed by atoms with Crippen LogP contribution in [0.25, 0.3) is 27.7 Å². The van der Waals surface area contributed by atoms with Gasteiger partial charge in [0.05, 0.1) is 13.2 Å². The third-order valence-corrected chi connectivity index (χ3v) is 6.30. The average Bonchev–Trinajstić information content (AvgIpc) is 3.46. The van der Waals surface area contributed by atoms with Crippen LogP contribution in [0.3, 0.4) is 0 Å². The SMILES string of the molecule is COc1ccc(F)cc1-c1ccnc2[nH]c(C3=CC4CN(C(=O)CC#N)CC4C3)cc12. The number of aromatic nitrogens is 2. The number of amides is 1. The number of methoxy groups -OCH3 is 1. The van der Waals surface area contributed by atoms with Crippen molar-refractivity contribution in [1.29, 1.82) is 5.26 Å². The first-order valence-electron chi connectivity index (χ1n) is 10.2. The Bertz CT molecular complexity index is 1260. The maximum absolute atomic E-state index is 14.0. The van der Waals surface area contributed by atoms with Gasteiger partial charge in [-0.2, -0.15) is 5.26 Å². The first-order chi connectivity index (χ1) is 15.1. The first kappa shape index (κ1) is 19.3. The molecular formula is C24H21FN4O2. The summed E-state index contributed by atoms with van der Waals surface area (Å²) in [5, 5.41) is 9.67. The molecule has 1 aromatic carbocycles. The highest BCUT2D eigenvalue weighted by molar-refractivity contribution is 5.97. The van der Waals surface area contributed by atoms with Gasteiger partial charge in [0.1, 0.15) is 23.6 Å². The third kappa shape index (κ3) is 3.34. The van der Waals surface area contributed by atoms with Crippen LogP contribution in [-0.4, -0.2) is 41.0 Å². The van der Waals surface area contributed by atoms with Crippen molar-refractivity contribution in [2.45, 2.75) is 12.8 Å². The first-order valence-corrected chi connectivity index (χ1v) is 10.2. The van der Waals surface area contributed by atoms with Crippen molar-refractivity contribution in [3.8, 4) is 22.9 Å². The fourth-order valence-corrected chi connectivity index (χ4v) is 4.82. The van der Waals surface area contributed by atoms with Crippen molar-refractivity contribution < 1.29 is 13.9 Å². The van der Waals surface area contributed by atoms with Gasteiger partial charge in [-0.25, -0.2) is 9.37 Å². The number of hydrogen-bond acceptors (Lipinski definition) is 4. The predicted molar refractivity (Wildman–Crippen MR) is 114 cm³/mol. The van der Waals surface area contributed by atoms with E-state index in [4.69, 9.17) is 10.00 Å². The van der Waals surface area contributed by atoms with Crippen LogP contribution in [0, 0.1) is 29.0 Å². The molecular weight excluding hydrogens is 395 g/mol. The van der Waals surface area contributed by atoms with Gasteiger partial charge in [-0.3, -0.25) is 4.79 Å². The fourth-order valence-electron chi connectivity index (χ4n) is 4.82. The number of nitriles is 1. The van der Waals surface area contributed by atoms with Crippen LogP contribution in [0.5, 0.6) is 5.75 Å². The number of rotatable bonds is 4. The summed E-state index contributed by atoms with van der Waals surface area (Å²) >= 11 is 0. The predicted octanol–water partition coefficient (Wildman–Crippen LogP) is 4.15. The van der Waals surface area contributed by atoms with Crippen LogP contribution >= 0.6 is 0 Å². The molecule has 1 saturated heterocycles. The van der Waals surface area contributed by atoms with Gasteiger partial charge in [-0.05, 0) is 59.7 Å². The largest absolute Gasteiger partial charge is 0.496 e. The van der Waals surface area contributed by atoms with Gasteiger partial charge in [0.15, 0.2) is 0 Å². The number of ether oxygens (including phenoxy) is 1. The van der Waals surface area contributed by atoms with E-state index in [-0.39, 0.29) is 18.1 Å². The summed E-state index contributed by atoms with van der Waals surface area (Å²) < 4.78 is 19.4. The zero-order chi connectivity index (χ0) is 21.5. The smallest absolute Gasteiger partial charge is 0.236 e. The number of halogens is 1. The Morgan fingerprint density at radius 1 is 1.32 bits per heavy atom. The molecule has 1 N–H and O–H groups in total. The molecule has 0 spiro atoms. The molecule has 1 fully saturated rings. The molecule has 31 heavy (non-hydrogen) atoms. The number of pyridine rings is 1. The number of carbonyl (C=O) groups is 1. The second-order valence-electron chi connectivity index (χ2n) is 8.10. The van der Waals surface area contributed by atoms with E-state index in [1.807, 2.05) is 12.1 Å². The lowest BCUT2D eigenvalue weighted by Crippen LogP contribution is -2.28. The molecule has 7 heteroatoms. The van der Waals surface area contributed by atoms with Gasteiger partial charge in [0.25, 0.3) is 0 Å². The molecule has 1 amide bonds. The van der Waals surface area contributed by atoms with E-state index in [1.54, 1.807) is 24.3 Å². The van der Waals surface area contributed by atoms with Crippen LogP contribution in [0.1, 0.15) is 18.5 Å². The lowest BCUT2D eigenvalue weighted by atomic mass is 9.99. The molecule has 5 rings (SSSR count). The summed E-state index contributed by atoms with van der Waals surface area (Å²) in [5.74, 6) is 0.877. The summed E-state index contributed by atoms with van der Waals surface area (Å²) in [6.45, 7) is 1.36. The number of nitrogens with zero attached hydrogens (tertiary/aromatic N) is 3. The van der Waals surface area contributed by atoms with Crippen molar-refractivity contribution in [3.05, 3.63) is 54.1 Å². The Labute approximate surface area is 179 Å². The van der Waals surface area contributed by atoms with Gasteiger partial charge in [-0.15, -0.1) is 0 Å². The van der Waals surface area contributed by atoms with E-state index in [0.29, 0.717) is 36.2 Å². The van der Waals surface area contributed by atoms with E-state index < -0.39 is 0 Å². The summed E-state index contributed by atoms with van der Waals surface area (Å²) in [6.07, 6.45) is 4.75. The van der Waals surface area contributed by atoms with Crippen molar-refractivity contribution in [3.63, 3.8) is 0 Å². The average molecular weight is 416 g/mol. The molecule has 3 heterocycles. The van der Waals surface area contributed by atoms with Crippen LogP contribution in [0.4, 0.5) is 4.39 Å². The molecule has 6 nitrogen and oxygen atoms in total. The standard InChI is InChI=1S/C24H21FN4O2/c1-31-22-3-2-17(25)10-19(22)18-5-7-27-24-20(18)11-21(28-24)14-8-15-12-29(13-16(15)9-14)23(30)4-6-26/h2-3,5,7-8,10-11,15-16H,4,9,12-13H2,1H3,(H,27,28). The Balaban J connectivity index is 1.47. The molecule has 2 unspecified atom stereocenters. The molecule has 2 atom stereocenters. The summed E-state index contributed by atoms with van der Waals surface area (Å²) in [5.41, 5.74) is 4.48. The van der Waals surface area contributed by atoms with Crippen LogP contribution in [-0.2, 0) is 4.79 Å². The summed E-state index contributed by atoms with van der Waals surface area (Å²) in [6, 6.07) is 10.4. The topological polar surface area (TPSA) is 82.0 Å². The minimum absolute atomic E-state index is 0.0595. The van der Waals surface area contributed by atoms with Crippen molar-refractivity contribution >= 4 is 22.5 Å². The minimum Gasteiger partial charge on any atom is -0.496 e. The molecule has 3 aromatic rings. The van der Waals surface area contributed by atoms with Gasteiger partial charge in [-0.1, -0.05) is 6.08 Å². The maximum Gasteiger partial charge on any atom is 0.236 e. The zero-order valence-electron chi connectivity index (χ0n) is 17.1. The number of likely N-dealkylation sites (tertiary alicyclic amines) is 1. The number of benzene rings is 1. The van der Waals surface area contributed by atoms with Crippen molar-refractivity contribution in [2.75, 3.05) is 20.2 Å². The monoisotopic (exact) mass is 416 g/mol. The van der Waals surface area contributed by atoms with Gasteiger partial charge in [0, 0.05) is 35.9 Å². The summed E-state index contributed by atoms with van der Waals surface area (Å²) in [4.78, 5) is 21.7. The van der Waals surface area contributed by atoms with Crippen molar-refractivity contribution in [1.82, 2.24) is 14.9 Å². The highest BCUT2D eigenvalue weighted by Crippen LogP contribution is 2.42. The molecule has 156 valence electrons. The lowest BCUT2D eigenvalue weighted by molar-refractivity contribution is -0.129. The molecule has 2 aromatic heterocycles. The van der Waals surface area contributed by atoms with Crippen LogP contribution in [0.2, 0.25) is 0 Å². The van der Waals surface area contributed by atoms with Gasteiger partial charge >= 0.3 is 0 Å².